The van der Waals surface area contributed by atoms with Gasteiger partial charge in [0.2, 0.25) is 5.91 Å². The summed E-state index contributed by atoms with van der Waals surface area (Å²) in [5.41, 5.74) is 6.98. The number of hydrogen-bond acceptors (Lipinski definition) is 4. The number of thioether (sulfide) groups is 1. The Morgan fingerprint density at radius 1 is 1.25 bits per heavy atom. The van der Waals surface area contributed by atoms with Crippen LogP contribution in [-0.4, -0.2) is 27.8 Å². The number of hydrazine groups is 1. The number of aromatic amines is 1. The normalized spacial score (nSPS) is 10.7. The molecular weight excluding hydrogens is 392 g/mol. The van der Waals surface area contributed by atoms with Gasteiger partial charge in [-0.25, -0.2) is 0 Å². The average Bonchev–Trinajstić information content (AvgIpc) is 2.94. The summed E-state index contributed by atoms with van der Waals surface area (Å²) in [7, 11) is 0. The van der Waals surface area contributed by atoms with Crippen LogP contribution in [0.25, 0.3) is 0 Å². The first-order chi connectivity index (χ1) is 11.4. The summed E-state index contributed by atoms with van der Waals surface area (Å²) in [4.78, 5) is 24.9. The minimum atomic E-state index is -0.473. The van der Waals surface area contributed by atoms with Crippen LogP contribution in [-0.2, 0) is 4.79 Å². The van der Waals surface area contributed by atoms with Crippen molar-refractivity contribution in [1.29, 1.82) is 0 Å². The standard InChI is InChI=1S/C16H19BrN4O2S/c1-9(2)14-13(17)15(20-19-14)16(23)21-18-12(22)8-24-11-6-4-10(3)5-7-11/h4-7,9H,8H2,1-3H3,(H,18,22)(H,19,20)(H,21,23). The van der Waals surface area contributed by atoms with Gasteiger partial charge < -0.3 is 0 Å². The molecule has 2 aromatic rings. The van der Waals surface area contributed by atoms with Crippen LogP contribution in [0.2, 0.25) is 0 Å². The molecule has 0 radical (unpaired) electrons. The third kappa shape index (κ3) is 4.85. The molecule has 0 atom stereocenters. The molecule has 0 fully saturated rings. The predicted molar refractivity (Wildman–Crippen MR) is 97.9 cm³/mol. The molecule has 0 spiro atoms. The number of aromatic nitrogens is 2. The molecule has 3 N–H and O–H groups in total. The van der Waals surface area contributed by atoms with Crippen molar-refractivity contribution in [2.75, 3.05) is 5.75 Å². The molecule has 0 aliphatic rings. The molecule has 1 heterocycles. The van der Waals surface area contributed by atoms with E-state index in [9.17, 15) is 9.59 Å². The largest absolute Gasteiger partial charge is 0.291 e. The van der Waals surface area contributed by atoms with Crippen LogP contribution in [0.4, 0.5) is 0 Å². The van der Waals surface area contributed by atoms with Crippen molar-refractivity contribution in [3.05, 3.63) is 45.7 Å². The number of benzene rings is 1. The molecule has 1 aromatic heterocycles. The van der Waals surface area contributed by atoms with E-state index < -0.39 is 5.91 Å². The van der Waals surface area contributed by atoms with Gasteiger partial charge in [-0.05, 0) is 40.9 Å². The van der Waals surface area contributed by atoms with Gasteiger partial charge in [0.15, 0.2) is 5.69 Å². The first-order valence-electron chi connectivity index (χ1n) is 7.41. The Hall–Kier alpha value is -1.80. The van der Waals surface area contributed by atoms with E-state index in [1.54, 1.807) is 0 Å². The van der Waals surface area contributed by atoms with Crippen LogP contribution in [0.5, 0.6) is 0 Å². The van der Waals surface area contributed by atoms with Gasteiger partial charge in [-0.3, -0.25) is 25.5 Å². The van der Waals surface area contributed by atoms with Gasteiger partial charge in [0, 0.05) is 4.90 Å². The second-order valence-corrected chi connectivity index (χ2v) is 7.40. The van der Waals surface area contributed by atoms with Crippen LogP contribution in [0.3, 0.4) is 0 Å². The monoisotopic (exact) mass is 410 g/mol. The Balaban J connectivity index is 1.83. The number of rotatable bonds is 5. The SMILES string of the molecule is Cc1ccc(SCC(=O)NNC(=O)c2n[nH]c(C(C)C)c2Br)cc1. The molecule has 0 aliphatic carbocycles. The van der Waals surface area contributed by atoms with Crippen LogP contribution in [0.1, 0.15) is 41.5 Å². The van der Waals surface area contributed by atoms with Crippen LogP contribution in [0, 0.1) is 6.92 Å². The van der Waals surface area contributed by atoms with Crippen molar-refractivity contribution < 1.29 is 9.59 Å². The highest BCUT2D eigenvalue weighted by atomic mass is 79.9. The molecule has 0 bridgehead atoms. The Morgan fingerprint density at radius 2 is 1.92 bits per heavy atom. The lowest BCUT2D eigenvalue weighted by Gasteiger charge is -2.07. The molecule has 0 aliphatic heterocycles. The third-order valence-corrected chi connectivity index (χ3v) is 5.05. The van der Waals surface area contributed by atoms with E-state index in [0.29, 0.717) is 4.47 Å². The Bertz CT molecular complexity index is 728. The van der Waals surface area contributed by atoms with E-state index in [-0.39, 0.29) is 23.3 Å². The van der Waals surface area contributed by atoms with Gasteiger partial charge in [-0.2, -0.15) is 5.10 Å². The number of carbonyl (C=O) groups is 2. The lowest BCUT2D eigenvalue weighted by molar-refractivity contribution is -0.119. The van der Waals surface area contributed by atoms with E-state index in [1.165, 1.54) is 17.3 Å². The van der Waals surface area contributed by atoms with E-state index >= 15 is 0 Å². The number of halogens is 1. The van der Waals surface area contributed by atoms with E-state index in [2.05, 4.69) is 37.0 Å². The number of aryl methyl sites for hydroxylation is 1. The van der Waals surface area contributed by atoms with Crippen LogP contribution in [0.15, 0.2) is 33.6 Å². The predicted octanol–water partition coefficient (Wildman–Crippen LogP) is 3.16. The number of hydrogen-bond donors (Lipinski definition) is 3. The molecule has 8 heteroatoms. The zero-order valence-corrected chi connectivity index (χ0v) is 16.0. The van der Waals surface area contributed by atoms with Gasteiger partial charge in [0.1, 0.15) is 0 Å². The van der Waals surface area contributed by atoms with Crippen LogP contribution < -0.4 is 10.9 Å². The number of nitrogens with one attached hydrogen (secondary N) is 3. The topological polar surface area (TPSA) is 86.9 Å². The fourth-order valence-electron chi connectivity index (χ4n) is 1.88. The van der Waals surface area contributed by atoms with E-state index in [1.807, 2.05) is 45.0 Å². The fourth-order valence-corrected chi connectivity index (χ4v) is 3.39. The van der Waals surface area contributed by atoms with Crippen molar-refractivity contribution >= 4 is 39.5 Å². The fraction of sp³-hybridized carbons (Fsp3) is 0.312. The summed E-state index contributed by atoms with van der Waals surface area (Å²) in [6.07, 6.45) is 0. The first kappa shape index (κ1) is 18.5. The minimum Gasteiger partial charge on any atom is -0.280 e. The van der Waals surface area contributed by atoms with Gasteiger partial charge in [0.05, 0.1) is 15.9 Å². The maximum Gasteiger partial charge on any atom is 0.291 e. The molecule has 0 saturated carbocycles. The average molecular weight is 411 g/mol. The first-order valence-corrected chi connectivity index (χ1v) is 9.18. The summed E-state index contributed by atoms with van der Waals surface area (Å²) in [5.74, 6) is -0.347. The lowest BCUT2D eigenvalue weighted by Crippen LogP contribution is -2.42. The van der Waals surface area contributed by atoms with Crippen molar-refractivity contribution in [3.8, 4) is 0 Å². The second-order valence-electron chi connectivity index (χ2n) is 5.56. The van der Waals surface area contributed by atoms with E-state index in [0.717, 1.165) is 10.6 Å². The van der Waals surface area contributed by atoms with Crippen molar-refractivity contribution in [2.45, 2.75) is 31.6 Å². The summed E-state index contributed by atoms with van der Waals surface area (Å²) in [6, 6.07) is 7.90. The molecule has 128 valence electrons. The highest BCUT2D eigenvalue weighted by Crippen LogP contribution is 2.25. The summed E-state index contributed by atoms with van der Waals surface area (Å²) >= 11 is 4.76. The summed E-state index contributed by atoms with van der Waals surface area (Å²) in [6.45, 7) is 5.99. The molecule has 2 rings (SSSR count). The van der Waals surface area contributed by atoms with Crippen LogP contribution >= 0.6 is 27.7 Å². The molecule has 6 nitrogen and oxygen atoms in total. The van der Waals surface area contributed by atoms with Crippen molar-refractivity contribution in [3.63, 3.8) is 0 Å². The van der Waals surface area contributed by atoms with Gasteiger partial charge in [0.25, 0.3) is 5.91 Å². The third-order valence-electron chi connectivity index (χ3n) is 3.23. The van der Waals surface area contributed by atoms with Crippen molar-refractivity contribution in [1.82, 2.24) is 21.0 Å². The Morgan fingerprint density at radius 3 is 2.50 bits per heavy atom. The minimum absolute atomic E-state index is 0.203. The molecule has 0 saturated heterocycles. The Labute approximate surface area is 153 Å². The van der Waals surface area contributed by atoms with Crippen molar-refractivity contribution in [2.24, 2.45) is 0 Å². The molecule has 24 heavy (non-hydrogen) atoms. The van der Waals surface area contributed by atoms with E-state index in [4.69, 9.17) is 0 Å². The number of carbonyl (C=O) groups excluding carboxylic acids is 2. The van der Waals surface area contributed by atoms with Gasteiger partial charge in [-0.1, -0.05) is 31.5 Å². The number of amides is 2. The molecule has 2 amide bonds. The zero-order chi connectivity index (χ0) is 17.7. The lowest BCUT2D eigenvalue weighted by atomic mass is 10.1. The molecular formula is C16H19BrN4O2S. The maximum absolute atomic E-state index is 12.1. The quantitative estimate of drug-likeness (QED) is 0.521. The highest BCUT2D eigenvalue weighted by molar-refractivity contribution is 9.10. The smallest absolute Gasteiger partial charge is 0.280 e. The van der Waals surface area contributed by atoms with Gasteiger partial charge >= 0.3 is 0 Å². The number of nitrogens with zero attached hydrogens (tertiary/aromatic N) is 1. The highest BCUT2D eigenvalue weighted by Gasteiger charge is 2.19. The Kier molecular flexibility index (Phi) is 6.44. The second kappa shape index (κ2) is 8.34. The zero-order valence-electron chi connectivity index (χ0n) is 13.6. The molecule has 0 unspecified atom stereocenters. The van der Waals surface area contributed by atoms with Gasteiger partial charge in [-0.15, -0.1) is 11.8 Å². The summed E-state index contributed by atoms with van der Waals surface area (Å²) in [5, 5.41) is 6.79. The maximum atomic E-state index is 12.1. The number of H-pyrrole nitrogens is 1. The molecule has 1 aromatic carbocycles. The summed E-state index contributed by atoms with van der Waals surface area (Å²) < 4.78 is 0.610.